The molecule has 2 rings (SSSR count). The Balaban J connectivity index is 2.09. The Morgan fingerprint density at radius 1 is 1.12 bits per heavy atom. The molecule has 0 saturated heterocycles. The molecule has 0 aliphatic heterocycles. The highest BCUT2D eigenvalue weighted by molar-refractivity contribution is 9.10. The maximum absolute atomic E-state index is 12.3. The number of halogens is 1. The first-order valence-electron chi connectivity index (χ1n) is 8.57. The van der Waals surface area contributed by atoms with E-state index in [1.165, 1.54) is 16.2 Å². The largest absolute Gasteiger partial charge is 0.326 e. The lowest BCUT2D eigenvalue weighted by Gasteiger charge is -2.17. The fourth-order valence-corrected chi connectivity index (χ4v) is 3.02. The van der Waals surface area contributed by atoms with Gasteiger partial charge >= 0.3 is 0 Å². The zero-order valence-corrected chi connectivity index (χ0v) is 16.8. The van der Waals surface area contributed by atoms with Crippen LogP contribution in [0.3, 0.4) is 0 Å². The van der Waals surface area contributed by atoms with Crippen LogP contribution < -0.4 is 10.9 Å². The Bertz CT molecular complexity index is 810. The summed E-state index contributed by atoms with van der Waals surface area (Å²) >= 11 is 3.34. The summed E-state index contributed by atoms with van der Waals surface area (Å²) < 4.78 is 2.35. The molecular formula is C20H25BrN2O2. The average molecular weight is 405 g/mol. The molecule has 5 heteroatoms. The van der Waals surface area contributed by atoms with Crippen molar-refractivity contribution in [3.63, 3.8) is 0 Å². The number of nitrogens with one attached hydrogen (secondary N) is 1. The number of nitrogens with zero attached hydrogens (tertiary/aromatic N) is 1. The molecule has 0 bridgehead atoms. The molecule has 0 saturated carbocycles. The molecule has 0 radical (unpaired) electrons. The van der Waals surface area contributed by atoms with Gasteiger partial charge in [-0.15, -0.1) is 0 Å². The molecular weight excluding hydrogens is 380 g/mol. The summed E-state index contributed by atoms with van der Waals surface area (Å²) in [4.78, 5) is 24.1. The number of pyridine rings is 1. The van der Waals surface area contributed by atoms with Crippen LogP contribution in [-0.2, 0) is 11.3 Å². The van der Waals surface area contributed by atoms with E-state index in [2.05, 4.69) is 61.1 Å². The van der Waals surface area contributed by atoms with Gasteiger partial charge in [0.2, 0.25) is 5.91 Å². The lowest BCUT2D eigenvalue weighted by Crippen LogP contribution is -2.22. The van der Waals surface area contributed by atoms with Crippen molar-refractivity contribution in [2.24, 2.45) is 0 Å². The Morgan fingerprint density at radius 3 is 2.48 bits per heavy atom. The number of carbonyl (C=O) groups excluding carboxylic acids is 1. The fourth-order valence-electron chi connectivity index (χ4n) is 2.64. The third-order valence-corrected chi connectivity index (χ3v) is 4.63. The van der Waals surface area contributed by atoms with Gasteiger partial charge in [-0.3, -0.25) is 9.59 Å². The van der Waals surface area contributed by atoms with Crippen molar-refractivity contribution < 1.29 is 4.79 Å². The lowest BCUT2D eigenvalue weighted by molar-refractivity contribution is -0.116. The number of hydrogen-bond donors (Lipinski definition) is 1. The van der Waals surface area contributed by atoms with Crippen LogP contribution in [0.4, 0.5) is 5.69 Å². The first kappa shape index (κ1) is 19.4. The van der Waals surface area contributed by atoms with Gasteiger partial charge in [0.15, 0.2) is 0 Å². The van der Waals surface area contributed by atoms with Crippen molar-refractivity contribution in [1.82, 2.24) is 4.57 Å². The number of carbonyl (C=O) groups is 1. The maximum Gasteiger partial charge on any atom is 0.250 e. The Kier molecular flexibility index (Phi) is 6.59. The molecule has 2 aromatic rings. The molecule has 0 aliphatic rings. The Hall–Kier alpha value is -1.88. The van der Waals surface area contributed by atoms with Gasteiger partial charge in [0, 0.05) is 35.4 Å². The van der Waals surface area contributed by atoms with E-state index in [1.807, 2.05) is 6.07 Å². The van der Waals surface area contributed by atoms with Crippen molar-refractivity contribution in [2.75, 3.05) is 5.32 Å². The summed E-state index contributed by atoms with van der Waals surface area (Å²) in [6, 6.07) is 9.40. The highest BCUT2D eigenvalue weighted by atomic mass is 79.9. The summed E-state index contributed by atoms with van der Waals surface area (Å²) in [6.07, 6.45) is 1.95. The van der Waals surface area contributed by atoms with Crippen LogP contribution in [-0.4, -0.2) is 10.5 Å². The molecule has 0 spiro atoms. The molecule has 4 nitrogen and oxygen atoms in total. The smallest absolute Gasteiger partial charge is 0.250 e. The molecule has 0 aliphatic carbocycles. The van der Waals surface area contributed by atoms with Gasteiger partial charge in [-0.25, -0.2) is 0 Å². The summed E-state index contributed by atoms with van der Waals surface area (Å²) in [5.74, 6) is 0.679. The average Bonchev–Trinajstić information content (AvgIpc) is 2.55. The van der Waals surface area contributed by atoms with E-state index < -0.39 is 0 Å². The lowest BCUT2D eigenvalue weighted by atomic mass is 9.94. The topological polar surface area (TPSA) is 51.1 Å². The number of anilines is 1. The second kappa shape index (κ2) is 8.48. The van der Waals surface area contributed by atoms with Crippen molar-refractivity contribution in [2.45, 2.75) is 52.5 Å². The number of aromatic nitrogens is 1. The van der Waals surface area contributed by atoms with Gasteiger partial charge in [0.25, 0.3) is 5.56 Å². The number of hydrogen-bond acceptors (Lipinski definition) is 2. The van der Waals surface area contributed by atoms with Crippen molar-refractivity contribution >= 4 is 27.5 Å². The predicted octanol–water partition coefficient (Wildman–Crippen LogP) is 4.89. The zero-order chi connectivity index (χ0) is 18.6. The standard InChI is InChI=1S/C20H25BrN2O2/c1-13(2)15-5-7-18(17(11-15)14(3)4)22-19(24)9-10-23-12-16(21)6-8-20(23)25/h5-8,11-14H,9-10H2,1-4H3,(H,22,24). The minimum absolute atomic E-state index is 0.0916. The minimum Gasteiger partial charge on any atom is -0.326 e. The maximum atomic E-state index is 12.3. The van der Waals surface area contributed by atoms with Crippen LogP contribution >= 0.6 is 15.9 Å². The molecule has 1 heterocycles. The number of benzene rings is 1. The van der Waals surface area contributed by atoms with Crippen molar-refractivity contribution in [3.8, 4) is 0 Å². The van der Waals surface area contributed by atoms with E-state index in [0.29, 0.717) is 18.4 Å². The van der Waals surface area contributed by atoms with Crippen LogP contribution in [0.1, 0.15) is 57.1 Å². The summed E-state index contributed by atoms with van der Waals surface area (Å²) in [7, 11) is 0. The van der Waals surface area contributed by atoms with Crippen molar-refractivity contribution in [1.29, 1.82) is 0 Å². The predicted molar refractivity (Wildman–Crippen MR) is 106 cm³/mol. The van der Waals surface area contributed by atoms with E-state index >= 15 is 0 Å². The van der Waals surface area contributed by atoms with Gasteiger partial charge < -0.3 is 9.88 Å². The van der Waals surface area contributed by atoms with Crippen LogP contribution in [0.2, 0.25) is 0 Å². The number of amides is 1. The van der Waals surface area contributed by atoms with Gasteiger partial charge in [-0.1, -0.05) is 39.8 Å². The third-order valence-electron chi connectivity index (χ3n) is 4.17. The van der Waals surface area contributed by atoms with Gasteiger partial charge in [-0.2, -0.15) is 0 Å². The molecule has 0 unspecified atom stereocenters. The van der Waals surface area contributed by atoms with E-state index in [4.69, 9.17) is 0 Å². The van der Waals surface area contributed by atoms with Gasteiger partial charge in [0.05, 0.1) is 0 Å². The minimum atomic E-state index is -0.111. The first-order chi connectivity index (χ1) is 11.8. The normalized spacial score (nSPS) is 11.2. The monoisotopic (exact) mass is 404 g/mol. The Labute approximate surface area is 157 Å². The molecule has 134 valence electrons. The van der Waals surface area contributed by atoms with Crippen molar-refractivity contribution in [3.05, 3.63) is 62.5 Å². The zero-order valence-electron chi connectivity index (χ0n) is 15.2. The highest BCUT2D eigenvalue weighted by Crippen LogP contribution is 2.28. The summed E-state index contributed by atoms with van der Waals surface area (Å²) in [5, 5.41) is 3.00. The summed E-state index contributed by atoms with van der Waals surface area (Å²) in [5.41, 5.74) is 3.15. The molecule has 0 fully saturated rings. The second-order valence-corrected chi connectivity index (χ2v) is 7.75. The van der Waals surface area contributed by atoms with Crippen LogP contribution in [0, 0.1) is 0 Å². The van der Waals surface area contributed by atoms with E-state index in [9.17, 15) is 9.59 Å². The third kappa shape index (κ3) is 5.30. The first-order valence-corrected chi connectivity index (χ1v) is 9.37. The second-order valence-electron chi connectivity index (χ2n) is 6.83. The van der Waals surface area contributed by atoms with Crippen LogP contribution in [0.25, 0.3) is 0 Å². The molecule has 1 aromatic heterocycles. The molecule has 1 amide bonds. The highest BCUT2D eigenvalue weighted by Gasteiger charge is 2.12. The molecule has 1 aromatic carbocycles. The number of rotatable bonds is 6. The summed E-state index contributed by atoms with van der Waals surface area (Å²) in [6.45, 7) is 8.92. The van der Waals surface area contributed by atoms with E-state index in [0.717, 1.165) is 15.7 Å². The molecule has 25 heavy (non-hydrogen) atoms. The van der Waals surface area contributed by atoms with Gasteiger partial charge in [-0.05, 0) is 51.0 Å². The fraction of sp³-hybridized carbons (Fsp3) is 0.400. The van der Waals surface area contributed by atoms with Gasteiger partial charge in [0.1, 0.15) is 0 Å². The SMILES string of the molecule is CC(C)c1ccc(NC(=O)CCn2cc(Br)ccc2=O)c(C(C)C)c1. The molecule has 1 N–H and O–H groups in total. The number of aryl methyl sites for hydroxylation is 1. The quantitative estimate of drug-likeness (QED) is 0.744. The van der Waals surface area contributed by atoms with Crippen LogP contribution in [0.15, 0.2) is 45.8 Å². The van der Waals surface area contributed by atoms with Crippen LogP contribution in [0.5, 0.6) is 0 Å². The molecule has 0 atom stereocenters. The Morgan fingerprint density at radius 2 is 1.84 bits per heavy atom. The van der Waals surface area contributed by atoms with E-state index in [-0.39, 0.29) is 17.9 Å². The van der Waals surface area contributed by atoms with E-state index in [1.54, 1.807) is 12.3 Å².